The third kappa shape index (κ3) is 3.12. The summed E-state index contributed by atoms with van der Waals surface area (Å²) < 4.78 is 0. The van der Waals surface area contributed by atoms with Gasteiger partial charge in [-0.2, -0.15) is 0 Å². The van der Waals surface area contributed by atoms with Gasteiger partial charge < -0.3 is 11.1 Å². The molecule has 0 radical (unpaired) electrons. The lowest BCUT2D eigenvalue weighted by Crippen LogP contribution is -2.32. The first kappa shape index (κ1) is 13.1. The van der Waals surface area contributed by atoms with Crippen molar-refractivity contribution in [2.24, 2.45) is 11.7 Å². The summed E-state index contributed by atoms with van der Waals surface area (Å²) in [6.45, 7) is 2.55. The van der Waals surface area contributed by atoms with Crippen molar-refractivity contribution in [2.75, 3.05) is 6.54 Å². The third-order valence-corrected chi connectivity index (χ3v) is 4.14. The van der Waals surface area contributed by atoms with Crippen LogP contribution in [0.15, 0.2) is 11.4 Å². The van der Waals surface area contributed by atoms with Gasteiger partial charge in [-0.25, -0.2) is 0 Å². The van der Waals surface area contributed by atoms with Gasteiger partial charge in [0.25, 0.3) is 5.91 Å². The molecule has 2 unspecified atom stereocenters. The molecule has 1 fully saturated rings. The average molecular weight is 262 g/mol. The standard InChI is InChI=1S/C14H18N2OS/c1-10-4-5-12(9-10)16-14(17)13-11(3-2-7-15)6-8-18-13/h6,8,10,12H,4-5,7,9,15H2,1H3,(H,16,17). The summed E-state index contributed by atoms with van der Waals surface area (Å²) in [6, 6.07) is 2.20. The van der Waals surface area contributed by atoms with E-state index in [9.17, 15) is 4.79 Å². The Morgan fingerprint density at radius 3 is 3.11 bits per heavy atom. The van der Waals surface area contributed by atoms with E-state index in [1.54, 1.807) is 0 Å². The summed E-state index contributed by atoms with van der Waals surface area (Å²) in [5.41, 5.74) is 6.13. The maximum absolute atomic E-state index is 12.2. The van der Waals surface area contributed by atoms with Crippen LogP contribution in [-0.4, -0.2) is 18.5 Å². The van der Waals surface area contributed by atoms with Crippen LogP contribution in [0.1, 0.15) is 41.4 Å². The molecule has 2 rings (SSSR count). The minimum atomic E-state index is 0.00502. The van der Waals surface area contributed by atoms with Crippen molar-refractivity contribution >= 4 is 17.2 Å². The van der Waals surface area contributed by atoms with Crippen molar-refractivity contribution in [3.63, 3.8) is 0 Å². The normalized spacial score (nSPS) is 22.3. The number of carbonyl (C=O) groups excluding carboxylic acids is 1. The second-order valence-corrected chi connectivity index (χ2v) is 5.67. The van der Waals surface area contributed by atoms with Gasteiger partial charge in [-0.3, -0.25) is 4.79 Å². The molecule has 0 aliphatic heterocycles. The zero-order chi connectivity index (χ0) is 13.0. The van der Waals surface area contributed by atoms with Crippen molar-refractivity contribution in [3.8, 4) is 11.8 Å². The average Bonchev–Trinajstić information content (AvgIpc) is 2.95. The molecule has 96 valence electrons. The number of thiophene rings is 1. The molecule has 4 heteroatoms. The molecule has 3 nitrogen and oxygen atoms in total. The van der Waals surface area contributed by atoms with Crippen LogP contribution in [0.3, 0.4) is 0 Å². The van der Waals surface area contributed by atoms with Gasteiger partial charge in [-0.1, -0.05) is 18.8 Å². The molecule has 1 heterocycles. The van der Waals surface area contributed by atoms with Crippen molar-refractivity contribution < 1.29 is 4.79 Å². The van der Waals surface area contributed by atoms with E-state index in [0.717, 1.165) is 24.3 Å². The molecule has 0 bridgehead atoms. The Bertz CT molecular complexity index is 483. The Hall–Kier alpha value is -1.31. The Morgan fingerprint density at radius 2 is 2.44 bits per heavy atom. The van der Waals surface area contributed by atoms with Crippen LogP contribution in [0, 0.1) is 17.8 Å². The predicted octanol–water partition coefficient (Wildman–Crippen LogP) is 1.98. The molecule has 0 spiro atoms. The molecule has 1 aromatic rings. The fraction of sp³-hybridized carbons (Fsp3) is 0.500. The predicted molar refractivity (Wildman–Crippen MR) is 74.5 cm³/mol. The first-order valence-electron chi connectivity index (χ1n) is 6.28. The van der Waals surface area contributed by atoms with Gasteiger partial charge in [-0.15, -0.1) is 11.3 Å². The molecular formula is C14H18N2OS. The summed E-state index contributed by atoms with van der Waals surface area (Å²) in [6.07, 6.45) is 3.37. The largest absolute Gasteiger partial charge is 0.349 e. The van der Waals surface area contributed by atoms with E-state index >= 15 is 0 Å². The Labute approximate surface area is 112 Å². The van der Waals surface area contributed by atoms with Gasteiger partial charge in [0.15, 0.2) is 0 Å². The summed E-state index contributed by atoms with van der Waals surface area (Å²) in [7, 11) is 0. The summed E-state index contributed by atoms with van der Waals surface area (Å²) >= 11 is 1.44. The van der Waals surface area contributed by atoms with Crippen molar-refractivity contribution in [1.29, 1.82) is 0 Å². The fourth-order valence-corrected chi connectivity index (χ4v) is 3.07. The molecule has 0 saturated heterocycles. The molecule has 2 atom stereocenters. The van der Waals surface area contributed by atoms with Gasteiger partial charge in [-0.05, 0) is 36.6 Å². The second-order valence-electron chi connectivity index (χ2n) is 4.76. The fourth-order valence-electron chi connectivity index (χ4n) is 2.32. The van der Waals surface area contributed by atoms with E-state index in [2.05, 4.69) is 24.1 Å². The van der Waals surface area contributed by atoms with Crippen LogP contribution in [-0.2, 0) is 0 Å². The second kappa shape index (κ2) is 6.03. The van der Waals surface area contributed by atoms with Crippen LogP contribution in [0.5, 0.6) is 0 Å². The quantitative estimate of drug-likeness (QED) is 0.801. The van der Waals surface area contributed by atoms with Crippen LogP contribution >= 0.6 is 11.3 Å². The van der Waals surface area contributed by atoms with Crippen LogP contribution in [0.25, 0.3) is 0 Å². The Kier molecular flexibility index (Phi) is 4.40. The lowest BCUT2D eigenvalue weighted by Gasteiger charge is -2.11. The van der Waals surface area contributed by atoms with E-state index < -0.39 is 0 Å². The Balaban J connectivity index is 2.03. The topological polar surface area (TPSA) is 55.1 Å². The van der Waals surface area contributed by atoms with Gasteiger partial charge in [0.1, 0.15) is 4.88 Å². The molecule has 1 aliphatic carbocycles. The van der Waals surface area contributed by atoms with E-state index in [1.165, 1.54) is 17.8 Å². The first-order chi connectivity index (χ1) is 8.70. The maximum atomic E-state index is 12.2. The van der Waals surface area contributed by atoms with Gasteiger partial charge in [0.2, 0.25) is 0 Å². The van der Waals surface area contributed by atoms with Gasteiger partial charge in [0, 0.05) is 11.6 Å². The number of hydrogen-bond donors (Lipinski definition) is 2. The molecule has 1 aliphatic rings. The highest BCUT2D eigenvalue weighted by atomic mass is 32.1. The molecule has 1 amide bonds. The molecule has 0 aromatic carbocycles. The van der Waals surface area contributed by atoms with Gasteiger partial charge in [0.05, 0.1) is 6.54 Å². The van der Waals surface area contributed by atoms with Crippen LogP contribution in [0.4, 0.5) is 0 Å². The number of amides is 1. The lowest BCUT2D eigenvalue weighted by molar-refractivity contribution is 0.0941. The lowest BCUT2D eigenvalue weighted by atomic mass is 10.1. The zero-order valence-corrected chi connectivity index (χ0v) is 11.3. The SMILES string of the molecule is CC1CCC(NC(=O)c2sccc2C#CCN)C1. The highest BCUT2D eigenvalue weighted by Crippen LogP contribution is 2.25. The zero-order valence-electron chi connectivity index (χ0n) is 10.5. The molecule has 1 saturated carbocycles. The Morgan fingerprint density at radius 1 is 1.61 bits per heavy atom. The third-order valence-electron chi connectivity index (χ3n) is 3.23. The minimum absolute atomic E-state index is 0.00502. The molecule has 3 N–H and O–H groups in total. The smallest absolute Gasteiger partial charge is 0.262 e. The van der Waals surface area contributed by atoms with E-state index in [0.29, 0.717) is 17.5 Å². The van der Waals surface area contributed by atoms with Crippen LogP contribution < -0.4 is 11.1 Å². The highest BCUT2D eigenvalue weighted by Gasteiger charge is 2.24. The number of hydrogen-bond acceptors (Lipinski definition) is 3. The van der Waals surface area contributed by atoms with E-state index in [-0.39, 0.29) is 5.91 Å². The van der Waals surface area contributed by atoms with Crippen molar-refractivity contribution in [3.05, 3.63) is 21.9 Å². The molecular weight excluding hydrogens is 244 g/mol. The number of nitrogens with two attached hydrogens (primary N) is 1. The minimum Gasteiger partial charge on any atom is -0.349 e. The van der Waals surface area contributed by atoms with E-state index in [4.69, 9.17) is 5.73 Å². The summed E-state index contributed by atoms with van der Waals surface area (Å²) in [5, 5.41) is 5.00. The highest BCUT2D eigenvalue weighted by molar-refractivity contribution is 7.12. The van der Waals surface area contributed by atoms with Gasteiger partial charge >= 0.3 is 0 Å². The maximum Gasteiger partial charge on any atom is 0.262 e. The monoisotopic (exact) mass is 262 g/mol. The first-order valence-corrected chi connectivity index (χ1v) is 7.16. The van der Waals surface area contributed by atoms with Crippen molar-refractivity contribution in [2.45, 2.75) is 32.2 Å². The van der Waals surface area contributed by atoms with Crippen LogP contribution in [0.2, 0.25) is 0 Å². The number of nitrogens with one attached hydrogen (secondary N) is 1. The molecule has 1 aromatic heterocycles. The summed E-state index contributed by atoms with van der Waals surface area (Å²) in [5.74, 6) is 6.46. The van der Waals surface area contributed by atoms with E-state index in [1.807, 2.05) is 11.4 Å². The summed E-state index contributed by atoms with van der Waals surface area (Å²) in [4.78, 5) is 12.9. The van der Waals surface area contributed by atoms with Crippen molar-refractivity contribution in [1.82, 2.24) is 5.32 Å². The number of carbonyl (C=O) groups is 1. The number of rotatable bonds is 2. The molecule has 18 heavy (non-hydrogen) atoms.